The third-order valence-electron chi connectivity index (χ3n) is 5.03. The van der Waals surface area contributed by atoms with Crippen LogP contribution in [-0.2, 0) is 11.3 Å². The van der Waals surface area contributed by atoms with E-state index in [1.807, 2.05) is 49.4 Å². The molecule has 6 heteroatoms. The molecule has 0 aliphatic carbocycles. The molecule has 142 valence electrons. The zero-order valence-corrected chi connectivity index (χ0v) is 18.0. The summed E-state index contributed by atoms with van der Waals surface area (Å²) in [5, 5.41) is 1.87. The number of rotatable bonds is 4. The predicted molar refractivity (Wildman–Crippen MR) is 123 cm³/mol. The number of thiocarbonyl (C=S) groups is 1. The number of halogens is 1. The number of para-hydroxylation sites is 1. The highest BCUT2D eigenvalue weighted by molar-refractivity contribution is 8.26. The van der Waals surface area contributed by atoms with E-state index >= 15 is 0 Å². The van der Waals surface area contributed by atoms with E-state index < -0.39 is 0 Å². The lowest BCUT2D eigenvalue weighted by Crippen LogP contribution is -2.27. The molecule has 28 heavy (non-hydrogen) atoms. The Morgan fingerprint density at radius 2 is 1.86 bits per heavy atom. The maximum Gasteiger partial charge on any atom is 0.266 e. The number of carbonyl (C=O) groups excluding carboxylic acids is 1. The number of hydrogen-bond acceptors (Lipinski definition) is 3. The Labute approximate surface area is 179 Å². The average molecular weight is 427 g/mol. The molecule has 1 aromatic heterocycles. The van der Waals surface area contributed by atoms with Crippen LogP contribution in [0.4, 0.5) is 0 Å². The Morgan fingerprint density at radius 1 is 1.14 bits per heavy atom. The lowest BCUT2D eigenvalue weighted by atomic mass is 10.1. The molecule has 0 radical (unpaired) electrons. The van der Waals surface area contributed by atoms with Gasteiger partial charge in [-0.2, -0.15) is 0 Å². The number of nitrogens with zero attached hydrogens (tertiary/aromatic N) is 2. The molecule has 1 saturated heterocycles. The fourth-order valence-electron chi connectivity index (χ4n) is 3.54. The summed E-state index contributed by atoms with van der Waals surface area (Å²) in [4.78, 5) is 15.0. The summed E-state index contributed by atoms with van der Waals surface area (Å²) in [7, 11) is 0. The van der Waals surface area contributed by atoms with Crippen LogP contribution < -0.4 is 0 Å². The van der Waals surface area contributed by atoms with Gasteiger partial charge < -0.3 is 4.57 Å². The van der Waals surface area contributed by atoms with Crippen LogP contribution >= 0.6 is 35.6 Å². The summed E-state index contributed by atoms with van der Waals surface area (Å²) in [5.74, 6) is -0.0140. The molecule has 3 aromatic rings. The van der Waals surface area contributed by atoms with Crippen molar-refractivity contribution in [1.29, 1.82) is 0 Å². The highest BCUT2D eigenvalue weighted by Crippen LogP contribution is 2.36. The molecule has 0 unspecified atom stereocenters. The Balaban J connectivity index is 1.84. The molecule has 0 N–H and O–H groups in total. The van der Waals surface area contributed by atoms with Gasteiger partial charge in [-0.1, -0.05) is 72.0 Å². The van der Waals surface area contributed by atoms with E-state index in [9.17, 15) is 4.79 Å². The van der Waals surface area contributed by atoms with Crippen molar-refractivity contribution >= 4 is 62.8 Å². The summed E-state index contributed by atoms with van der Waals surface area (Å²) in [6, 6.07) is 16.2. The van der Waals surface area contributed by atoms with Crippen molar-refractivity contribution in [3.8, 4) is 0 Å². The molecular weight excluding hydrogens is 408 g/mol. The van der Waals surface area contributed by atoms with Crippen molar-refractivity contribution in [3.63, 3.8) is 0 Å². The van der Waals surface area contributed by atoms with Gasteiger partial charge in [0.2, 0.25) is 0 Å². The van der Waals surface area contributed by atoms with Crippen LogP contribution in [0.3, 0.4) is 0 Å². The van der Waals surface area contributed by atoms with E-state index in [0.717, 1.165) is 32.7 Å². The van der Waals surface area contributed by atoms with E-state index in [-0.39, 0.29) is 5.91 Å². The first-order valence-electron chi connectivity index (χ1n) is 9.08. The van der Waals surface area contributed by atoms with Crippen LogP contribution in [0.1, 0.15) is 23.7 Å². The third-order valence-corrected chi connectivity index (χ3v) is 6.78. The SMILES string of the molecule is CCN1C(=O)/C(=C\c2c(C)n(Cc3ccccc3Cl)c3ccccc23)SC1=S. The van der Waals surface area contributed by atoms with Crippen LogP contribution in [0.25, 0.3) is 17.0 Å². The Kier molecular flexibility index (Phi) is 5.32. The fourth-order valence-corrected chi connectivity index (χ4v) is 5.11. The number of aromatic nitrogens is 1. The average Bonchev–Trinajstić information content (AvgIpc) is 3.11. The highest BCUT2D eigenvalue weighted by Gasteiger charge is 2.31. The molecule has 2 heterocycles. The first-order valence-corrected chi connectivity index (χ1v) is 10.7. The molecule has 2 aromatic carbocycles. The van der Waals surface area contributed by atoms with Gasteiger partial charge in [0.15, 0.2) is 0 Å². The highest BCUT2D eigenvalue weighted by atomic mass is 35.5. The standard InChI is InChI=1S/C22H19ClN2OS2/c1-3-24-21(26)20(28-22(24)27)12-17-14(2)25(19-11-7-5-9-16(17)19)13-15-8-4-6-10-18(15)23/h4-12H,3,13H2,1-2H3/b20-12+. The summed E-state index contributed by atoms with van der Waals surface area (Å²) in [6.45, 7) is 5.29. The first-order chi connectivity index (χ1) is 13.5. The van der Waals surface area contributed by atoms with Crippen molar-refractivity contribution in [3.05, 3.63) is 75.3 Å². The van der Waals surface area contributed by atoms with Crippen LogP contribution in [-0.4, -0.2) is 26.2 Å². The third kappa shape index (κ3) is 3.28. The Bertz CT molecular complexity index is 1130. The lowest BCUT2D eigenvalue weighted by Gasteiger charge is -2.10. The molecule has 0 saturated carbocycles. The quantitative estimate of drug-likeness (QED) is 0.385. The minimum absolute atomic E-state index is 0.0140. The number of benzene rings is 2. The van der Waals surface area contributed by atoms with Gasteiger partial charge in [-0.05, 0) is 37.6 Å². The smallest absolute Gasteiger partial charge is 0.266 e. The maximum absolute atomic E-state index is 12.7. The van der Waals surface area contributed by atoms with Gasteiger partial charge >= 0.3 is 0 Å². The van der Waals surface area contributed by atoms with Crippen LogP contribution in [0.15, 0.2) is 53.4 Å². The normalized spacial score (nSPS) is 16.0. The predicted octanol–water partition coefficient (Wildman–Crippen LogP) is 5.87. The topological polar surface area (TPSA) is 25.2 Å². The van der Waals surface area contributed by atoms with Gasteiger partial charge in [-0.15, -0.1) is 0 Å². The van der Waals surface area contributed by atoms with E-state index in [1.165, 1.54) is 11.8 Å². The number of likely N-dealkylation sites (N-methyl/N-ethyl adjacent to an activating group) is 1. The van der Waals surface area contributed by atoms with Crippen molar-refractivity contribution in [1.82, 2.24) is 9.47 Å². The Hall–Kier alpha value is -2.08. The molecular formula is C22H19ClN2OS2. The second kappa shape index (κ2) is 7.74. The molecule has 1 aliphatic heterocycles. The molecule has 1 aliphatic rings. The van der Waals surface area contributed by atoms with Crippen LogP contribution in [0.5, 0.6) is 0 Å². The number of carbonyl (C=O) groups is 1. The van der Waals surface area contributed by atoms with Crippen LogP contribution in [0, 0.1) is 6.92 Å². The molecule has 1 fully saturated rings. The second-order valence-corrected chi connectivity index (χ2v) is 8.70. The zero-order valence-electron chi connectivity index (χ0n) is 15.6. The fraction of sp³-hybridized carbons (Fsp3) is 0.182. The van der Waals surface area contributed by atoms with Crippen molar-refractivity contribution < 1.29 is 4.79 Å². The second-order valence-electron chi connectivity index (χ2n) is 6.62. The molecule has 0 spiro atoms. The van der Waals surface area contributed by atoms with Gasteiger partial charge in [0, 0.05) is 40.3 Å². The number of amides is 1. The molecule has 3 nitrogen and oxygen atoms in total. The number of fused-ring (bicyclic) bond motifs is 1. The van der Waals surface area contributed by atoms with Crippen molar-refractivity contribution in [2.24, 2.45) is 0 Å². The van der Waals surface area contributed by atoms with Crippen LogP contribution in [0.2, 0.25) is 5.02 Å². The minimum atomic E-state index is -0.0140. The summed E-state index contributed by atoms with van der Waals surface area (Å²) < 4.78 is 2.87. The van der Waals surface area contributed by atoms with E-state index in [4.69, 9.17) is 23.8 Å². The van der Waals surface area contributed by atoms with Gasteiger partial charge in [0.05, 0.1) is 4.91 Å². The van der Waals surface area contributed by atoms with Gasteiger partial charge in [0.25, 0.3) is 5.91 Å². The molecule has 0 atom stereocenters. The Morgan fingerprint density at radius 3 is 2.57 bits per heavy atom. The number of hydrogen-bond donors (Lipinski definition) is 0. The van der Waals surface area contributed by atoms with E-state index in [0.29, 0.717) is 22.3 Å². The van der Waals surface area contributed by atoms with E-state index in [1.54, 1.807) is 4.90 Å². The van der Waals surface area contributed by atoms with Gasteiger partial charge in [-0.25, -0.2) is 0 Å². The van der Waals surface area contributed by atoms with Crippen molar-refractivity contribution in [2.75, 3.05) is 6.54 Å². The number of thioether (sulfide) groups is 1. The van der Waals surface area contributed by atoms with Crippen molar-refractivity contribution in [2.45, 2.75) is 20.4 Å². The molecule has 0 bridgehead atoms. The van der Waals surface area contributed by atoms with Gasteiger partial charge in [0.1, 0.15) is 4.32 Å². The maximum atomic E-state index is 12.7. The molecule has 4 rings (SSSR count). The molecule has 1 amide bonds. The first kappa shape index (κ1) is 19.2. The zero-order chi connectivity index (χ0) is 19.8. The summed E-state index contributed by atoms with van der Waals surface area (Å²) >= 11 is 13.1. The summed E-state index contributed by atoms with van der Waals surface area (Å²) in [6.07, 6.45) is 1.98. The summed E-state index contributed by atoms with van der Waals surface area (Å²) in [5.41, 5.74) is 4.34. The lowest BCUT2D eigenvalue weighted by molar-refractivity contribution is -0.121. The minimum Gasteiger partial charge on any atom is -0.340 e. The van der Waals surface area contributed by atoms with E-state index in [2.05, 4.69) is 23.6 Å². The van der Waals surface area contributed by atoms with Gasteiger partial charge in [-0.3, -0.25) is 9.69 Å². The largest absolute Gasteiger partial charge is 0.340 e. The monoisotopic (exact) mass is 426 g/mol.